The Morgan fingerprint density at radius 2 is 1.42 bits per heavy atom. The Morgan fingerprint density at radius 1 is 0.917 bits per heavy atom. The van der Waals surface area contributed by atoms with Gasteiger partial charge in [-0.2, -0.15) is 0 Å². The maximum Gasteiger partial charge on any atom is 0.410 e. The normalized spacial score (nSPS) is 16.8. The van der Waals surface area contributed by atoms with Gasteiger partial charge < -0.3 is 14.2 Å². The van der Waals surface area contributed by atoms with Gasteiger partial charge in [-0.15, -0.1) is 0 Å². The average Bonchev–Trinajstić information content (AvgIpc) is 3.32. The first-order valence-corrected chi connectivity index (χ1v) is 11.3. The summed E-state index contributed by atoms with van der Waals surface area (Å²) in [5, 5.41) is 21.7. The SMILES string of the molecule is CCOC(=O)[C@H]1C[C@@H](C(=S)OCc2ccc([N+](=O)[O-])cc2)N(C(=O)OCc2ccc([N+](=O)[O-])cc2)C1. The lowest BCUT2D eigenvalue weighted by Crippen LogP contribution is -2.41. The van der Waals surface area contributed by atoms with Crippen molar-refractivity contribution >= 4 is 40.7 Å². The fourth-order valence-corrected chi connectivity index (χ4v) is 3.88. The highest BCUT2D eigenvalue weighted by molar-refractivity contribution is 7.80. The van der Waals surface area contributed by atoms with Gasteiger partial charge in [-0.3, -0.25) is 29.9 Å². The second kappa shape index (κ2) is 12.0. The van der Waals surface area contributed by atoms with Crippen LogP contribution < -0.4 is 0 Å². The smallest absolute Gasteiger partial charge is 0.410 e. The average molecular weight is 518 g/mol. The summed E-state index contributed by atoms with van der Waals surface area (Å²) < 4.78 is 16.1. The third-order valence-corrected chi connectivity index (χ3v) is 5.86. The van der Waals surface area contributed by atoms with Gasteiger partial charge in [0.1, 0.15) is 19.3 Å². The summed E-state index contributed by atoms with van der Waals surface area (Å²) in [6, 6.07) is 10.6. The number of benzene rings is 2. The standard InChI is InChI=1S/C23H23N3O9S/c1-2-33-21(27)17-11-20(22(36)34-13-15-3-7-18(8-4-15)25(29)30)24(12-17)23(28)35-14-16-5-9-19(10-6-16)26(31)32/h3-10,17,20H,2,11-14H2,1H3/t17-,20-/m0/s1. The number of nitro benzene ring substituents is 2. The highest BCUT2D eigenvalue weighted by atomic mass is 32.1. The summed E-state index contributed by atoms with van der Waals surface area (Å²) in [6.45, 7) is 1.76. The van der Waals surface area contributed by atoms with E-state index in [-0.39, 0.29) is 49.2 Å². The molecular formula is C23H23N3O9S. The first-order valence-electron chi connectivity index (χ1n) is 10.9. The number of amides is 1. The van der Waals surface area contributed by atoms with Gasteiger partial charge in [0.25, 0.3) is 11.4 Å². The lowest BCUT2D eigenvalue weighted by atomic mass is 10.1. The predicted octanol–water partition coefficient (Wildman–Crippen LogP) is 3.94. The topological polar surface area (TPSA) is 151 Å². The molecule has 0 N–H and O–H groups in total. The third kappa shape index (κ3) is 6.72. The Labute approximate surface area is 211 Å². The number of ether oxygens (including phenoxy) is 3. The fraction of sp³-hybridized carbons (Fsp3) is 0.348. The van der Waals surface area contributed by atoms with Crippen LogP contribution in [0.3, 0.4) is 0 Å². The van der Waals surface area contributed by atoms with Gasteiger partial charge in [0.2, 0.25) is 0 Å². The number of hydrogen-bond acceptors (Lipinski definition) is 10. The van der Waals surface area contributed by atoms with Gasteiger partial charge in [-0.25, -0.2) is 4.79 Å². The number of nitro groups is 2. The van der Waals surface area contributed by atoms with Crippen LogP contribution in [0.2, 0.25) is 0 Å². The van der Waals surface area contributed by atoms with Crippen LogP contribution in [-0.2, 0) is 32.2 Å². The van der Waals surface area contributed by atoms with E-state index in [4.69, 9.17) is 26.4 Å². The molecule has 1 amide bonds. The van der Waals surface area contributed by atoms with E-state index in [0.29, 0.717) is 11.1 Å². The van der Waals surface area contributed by atoms with Crippen molar-refractivity contribution in [3.63, 3.8) is 0 Å². The number of thiocarbonyl (C=S) groups is 1. The van der Waals surface area contributed by atoms with E-state index < -0.39 is 33.9 Å². The summed E-state index contributed by atoms with van der Waals surface area (Å²) in [5.41, 5.74) is 1.03. The molecule has 2 aromatic rings. The number of esters is 1. The third-order valence-electron chi connectivity index (χ3n) is 5.47. The van der Waals surface area contributed by atoms with Gasteiger partial charge in [0, 0.05) is 30.8 Å². The molecule has 12 nitrogen and oxygen atoms in total. The molecule has 36 heavy (non-hydrogen) atoms. The molecule has 0 radical (unpaired) electrons. The second-order valence-electron chi connectivity index (χ2n) is 7.86. The number of hydrogen-bond donors (Lipinski definition) is 0. The molecule has 0 aliphatic carbocycles. The summed E-state index contributed by atoms with van der Waals surface area (Å²) in [5.74, 6) is -1.09. The first-order chi connectivity index (χ1) is 17.2. The van der Waals surface area contributed by atoms with Crippen molar-refractivity contribution in [2.75, 3.05) is 13.2 Å². The highest BCUT2D eigenvalue weighted by Crippen LogP contribution is 2.28. The molecule has 0 bridgehead atoms. The number of rotatable bonds is 9. The van der Waals surface area contributed by atoms with Gasteiger partial charge >= 0.3 is 12.1 Å². The largest absolute Gasteiger partial charge is 0.480 e. The molecule has 1 aliphatic rings. The maximum atomic E-state index is 12.9. The van der Waals surface area contributed by atoms with Crippen LogP contribution in [0.5, 0.6) is 0 Å². The summed E-state index contributed by atoms with van der Waals surface area (Å²) in [4.78, 5) is 47.1. The number of nitrogens with zero attached hydrogens (tertiary/aromatic N) is 3. The Bertz CT molecular complexity index is 1060. The van der Waals surface area contributed by atoms with Gasteiger partial charge in [0.15, 0.2) is 5.05 Å². The minimum Gasteiger partial charge on any atom is -0.480 e. The molecule has 0 saturated carbocycles. The molecule has 0 unspecified atom stereocenters. The molecule has 2 aromatic carbocycles. The van der Waals surface area contributed by atoms with Crippen LogP contribution >= 0.6 is 12.2 Å². The van der Waals surface area contributed by atoms with Crippen molar-refractivity contribution in [1.82, 2.24) is 4.90 Å². The molecule has 1 fully saturated rings. The van der Waals surface area contributed by atoms with E-state index in [1.807, 2.05) is 0 Å². The van der Waals surface area contributed by atoms with Gasteiger partial charge in [0.05, 0.1) is 22.4 Å². The van der Waals surface area contributed by atoms with E-state index in [1.165, 1.54) is 53.4 Å². The number of likely N-dealkylation sites (tertiary alicyclic amines) is 1. The summed E-state index contributed by atoms with van der Waals surface area (Å²) in [6.07, 6.45) is -0.545. The van der Waals surface area contributed by atoms with Crippen LogP contribution in [0.15, 0.2) is 48.5 Å². The van der Waals surface area contributed by atoms with Crippen molar-refractivity contribution in [1.29, 1.82) is 0 Å². The Balaban J connectivity index is 1.65. The fourth-order valence-electron chi connectivity index (χ4n) is 3.60. The molecule has 1 aliphatic heterocycles. The Kier molecular flexibility index (Phi) is 8.84. The predicted molar refractivity (Wildman–Crippen MR) is 129 cm³/mol. The van der Waals surface area contributed by atoms with Crippen LogP contribution in [0.1, 0.15) is 24.5 Å². The zero-order chi connectivity index (χ0) is 26.2. The van der Waals surface area contributed by atoms with Crippen molar-refractivity contribution in [2.24, 2.45) is 5.92 Å². The molecule has 1 saturated heterocycles. The molecular weight excluding hydrogens is 494 g/mol. The monoisotopic (exact) mass is 517 g/mol. The van der Waals surface area contributed by atoms with Gasteiger partial charge in [-0.05, 0) is 61.0 Å². The zero-order valence-electron chi connectivity index (χ0n) is 19.2. The lowest BCUT2D eigenvalue weighted by molar-refractivity contribution is -0.385. The number of non-ortho nitro benzene ring substituents is 2. The molecule has 0 aromatic heterocycles. The number of carbonyl (C=O) groups is 2. The van der Waals surface area contributed by atoms with Crippen molar-refractivity contribution < 1.29 is 33.6 Å². The maximum absolute atomic E-state index is 12.9. The van der Waals surface area contributed by atoms with Crippen molar-refractivity contribution in [2.45, 2.75) is 32.6 Å². The second-order valence-corrected chi connectivity index (χ2v) is 8.26. The molecule has 1 heterocycles. The van der Waals surface area contributed by atoms with Crippen LogP contribution in [0.4, 0.5) is 16.2 Å². The van der Waals surface area contributed by atoms with E-state index in [9.17, 15) is 29.8 Å². The summed E-state index contributed by atoms with van der Waals surface area (Å²) >= 11 is 5.40. The first kappa shape index (κ1) is 26.5. The minimum atomic E-state index is -0.739. The molecule has 0 spiro atoms. The molecule has 2 atom stereocenters. The number of carbonyl (C=O) groups excluding carboxylic acids is 2. The highest BCUT2D eigenvalue weighted by Gasteiger charge is 2.43. The van der Waals surface area contributed by atoms with Crippen molar-refractivity contribution in [3.8, 4) is 0 Å². The minimum absolute atomic E-state index is 0.0169. The van der Waals surface area contributed by atoms with E-state index in [1.54, 1.807) is 6.92 Å². The Hall–Kier alpha value is -4.13. The molecule has 190 valence electrons. The molecule has 3 rings (SSSR count). The van der Waals surface area contributed by atoms with Crippen LogP contribution in [0.25, 0.3) is 0 Å². The zero-order valence-corrected chi connectivity index (χ0v) is 20.0. The molecule has 13 heteroatoms. The summed E-state index contributed by atoms with van der Waals surface area (Å²) in [7, 11) is 0. The van der Waals surface area contributed by atoms with E-state index in [2.05, 4.69) is 0 Å². The Morgan fingerprint density at radius 3 is 1.89 bits per heavy atom. The quantitative estimate of drug-likeness (QED) is 0.207. The van der Waals surface area contributed by atoms with E-state index >= 15 is 0 Å². The lowest BCUT2D eigenvalue weighted by Gasteiger charge is -2.24. The van der Waals surface area contributed by atoms with Crippen LogP contribution in [-0.4, -0.2) is 51.1 Å². The van der Waals surface area contributed by atoms with E-state index in [0.717, 1.165) is 0 Å². The van der Waals surface area contributed by atoms with Crippen LogP contribution in [0, 0.1) is 26.1 Å². The van der Waals surface area contributed by atoms with Crippen molar-refractivity contribution in [3.05, 3.63) is 79.9 Å². The van der Waals surface area contributed by atoms with Gasteiger partial charge in [-0.1, -0.05) is 0 Å².